The number of carbonyl (C=O) groups is 1. The number of nitro benzene ring substituents is 1. The van der Waals surface area contributed by atoms with Crippen molar-refractivity contribution in [3.63, 3.8) is 0 Å². The Morgan fingerprint density at radius 3 is 2.56 bits per heavy atom. The number of carboxylic acid groups (broad SMARTS) is 1. The van der Waals surface area contributed by atoms with E-state index in [0.29, 0.717) is 5.56 Å². The van der Waals surface area contributed by atoms with Crippen molar-refractivity contribution in [3.8, 4) is 0 Å². The predicted molar refractivity (Wildman–Crippen MR) is 66.8 cm³/mol. The van der Waals surface area contributed by atoms with Gasteiger partial charge in [0, 0.05) is 12.1 Å². The third kappa shape index (κ3) is 3.41. The van der Waals surface area contributed by atoms with Crippen LogP contribution in [0.15, 0.2) is 18.2 Å². The maximum absolute atomic E-state index is 11.1. The first kappa shape index (κ1) is 14.4. The van der Waals surface area contributed by atoms with E-state index < -0.39 is 16.9 Å². The van der Waals surface area contributed by atoms with Crippen LogP contribution >= 0.6 is 11.6 Å². The van der Waals surface area contributed by atoms with Crippen LogP contribution in [0.25, 0.3) is 0 Å². The molecule has 0 heterocycles. The molecule has 1 aromatic rings. The first-order chi connectivity index (χ1) is 8.32. The van der Waals surface area contributed by atoms with Crippen LogP contribution in [0, 0.1) is 10.1 Å². The highest BCUT2D eigenvalue weighted by Crippen LogP contribution is 2.28. The number of carboxylic acids is 1. The number of halogens is 1. The molecule has 0 aliphatic rings. The summed E-state index contributed by atoms with van der Waals surface area (Å²) in [6.45, 7) is 3.58. The molecule has 18 heavy (non-hydrogen) atoms. The van der Waals surface area contributed by atoms with E-state index in [4.69, 9.17) is 16.7 Å². The standard InChI is InChI=1S/C11H13ClN2O4/c1-6(2)13-10(11(15)16)7-3-4-8(12)9(5-7)14(17)18/h3-6,10,13H,1-2H3,(H,15,16). The molecule has 1 rings (SSSR count). The number of benzene rings is 1. The van der Waals surface area contributed by atoms with Crippen LogP contribution in [0.2, 0.25) is 5.02 Å². The summed E-state index contributed by atoms with van der Waals surface area (Å²) in [5.74, 6) is -1.10. The monoisotopic (exact) mass is 272 g/mol. The van der Waals surface area contributed by atoms with E-state index in [1.165, 1.54) is 18.2 Å². The lowest BCUT2D eigenvalue weighted by Gasteiger charge is -2.17. The molecule has 0 saturated heterocycles. The van der Waals surface area contributed by atoms with Crippen LogP contribution in [-0.4, -0.2) is 22.0 Å². The molecule has 1 aromatic carbocycles. The Morgan fingerprint density at radius 2 is 2.11 bits per heavy atom. The number of hydrogen-bond acceptors (Lipinski definition) is 4. The van der Waals surface area contributed by atoms with Gasteiger partial charge in [-0.1, -0.05) is 17.7 Å². The number of hydrogen-bond donors (Lipinski definition) is 2. The van der Waals surface area contributed by atoms with Gasteiger partial charge in [-0.25, -0.2) is 0 Å². The highest BCUT2D eigenvalue weighted by Gasteiger charge is 2.23. The molecule has 1 atom stereocenters. The Kier molecular flexibility index (Phi) is 4.63. The van der Waals surface area contributed by atoms with Gasteiger partial charge in [0.25, 0.3) is 5.69 Å². The molecule has 0 spiro atoms. The van der Waals surface area contributed by atoms with Crippen LogP contribution < -0.4 is 5.32 Å². The Balaban J connectivity index is 3.17. The smallest absolute Gasteiger partial charge is 0.325 e. The molecule has 6 nitrogen and oxygen atoms in total. The molecule has 1 unspecified atom stereocenters. The molecular formula is C11H13ClN2O4. The second-order valence-electron chi connectivity index (χ2n) is 4.06. The summed E-state index contributed by atoms with van der Waals surface area (Å²) in [5.41, 5.74) is -0.00160. The van der Waals surface area contributed by atoms with Gasteiger partial charge in [-0.2, -0.15) is 0 Å². The highest BCUT2D eigenvalue weighted by atomic mass is 35.5. The number of aliphatic carboxylic acids is 1. The van der Waals surface area contributed by atoms with Crippen LogP contribution in [0.3, 0.4) is 0 Å². The molecule has 0 fully saturated rings. The van der Waals surface area contributed by atoms with Crippen molar-refractivity contribution in [2.24, 2.45) is 0 Å². The minimum absolute atomic E-state index is 0.0163. The zero-order chi connectivity index (χ0) is 13.9. The minimum atomic E-state index is -1.10. The van der Waals surface area contributed by atoms with Gasteiger partial charge < -0.3 is 5.11 Å². The van der Waals surface area contributed by atoms with Crippen LogP contribution in [0.5, 0.6) is 0 Å². The molecule has 98 valence electrons. The number of rotatable bonds is 5. The lowest BCUT2D eigenvalue weighted by atomic mass is 10.1. The van der Waals surface area contributed by atoms with E-state index in [-0.39, 0.29) is 16.8 Å². The molecular weight excluding hydrogens is 260 g/mol. The van der Waals surface area contributed by atoms with Gasteiger partial charge in [-0.3, -0.25) is 20.2 Å². The molecule has 0 aliphatic carbocycles. The number of nitrogens with zero attached hydrogens (tertiary/aromatic N) is 1. The Labute approximate surface area is 109 Å². The number of nitrogens with one attached hydrogen (secondary N) is 1. The summed E-state index contributed by atoms with van der Waals surface area (Å²) in [6, 6.07) is 2.90. The van der Waals surface area contributed by atoms with Gasteiger partial charge in [-0.05, 0) is 25.5 Å². The summed E-state index contributed by atoms with van der Waals surface area (Å²) >= 11 is 5.67. The molecule has 0 aliphatic heterocycles. The molecule has 7 heteroatoms. The summed E-state index contributed by atoms with van der Waals surface area (Å²) < 4.78 is 0. The van der Waals surface area contributed by atoms with Crippen molar-refractivity contribution in [2.75, 3.05) is 0 Å². The van der Waals surface area contributed by atoms with E-state index in [0.717, 1.165) is 0 Å². The molecule has 0 aromatic heterocycles. The van der Waals surface area contributed by atoms with Gasteiger partial charge in [0.05, 0.1) is 4.92 Å². The highest BCUT2D eigenvalue weighted by molar-refractivity contribution is 6.32. The summed E-state index contributed by atoms with van der Waals surface area (Å²) in [4.78, 5) is 21.2. The fraction of sp³-hybridized carbons (Fsp3) is 0.364. The first-order valence-corrected chi connectivity index (χ1v) is 5.63. The van der Waals surface area contributed by atoms with Gasteiger partial charge >= 0.3 is 5.97 Å². The van der Waals surface area contributed by atoms with Crippen molar-refractivity contribution in [2.45, 2.75) is 25.9 Å². The summed E-state index contributed by atoms with van der Waals surface area (Å²) in [6.07, 6.45) is 0. The fourth-order valence-corrected chi connectivity index (χ4v) is 1.68. The van der Waals surface area contributed by atoms with Crippen molar-refractivity contribution < 1.29 is 14.8 Å². The third-order valence-corrected chi connectivity index (χ3v) is 2.57. The Morgan fingerprint density at radius 1 is 1.50 bits per heavy atom. The van der Waals surface area contributed by atoms with Crippen LogP contribution in [0.1, 0.15) is 25.5 Å². The quantitative estimate of drug-likeness (QED) is 0.634. The van der Waals surface area contributed by atoms with Crippen molar-refractivity contribution in [1.29, 1.82) is 0 Å². The van der Waals surface area contributed by atoms with Crippen molar-refractivity contribution >= 4 is 23.3 Å². The van der Waals surface area contributed by atoms with Gasteiger partial charge in [-0.15, -0.1) is 0 Å². The molecule has 0 saturated carbocycles. The van der Waals surface area contributed by atoms with Gasteiger partial charge in [0.2, 0.25) is 0 Å². The lowest BCUT2D eigenvalue weighted by Crippen LogP contribution is -2.33. The molecule has 0 amide bonds. The Bertz CT molecular complexity index is 476. The second kappa shape index (κ2) is 5.79. The van der Waals surface area contributed by atoms with Crippen LogP contribution in [0.4, 0.5) is 5.69 Å². The van der Waals surface area contributed by atoms with Crippen LogP contribution in [-0.2, 0) is 4.79 Å². The van der Waals surface area contributed by atoms with Gasteiger partial charge in [0.1, 0.15) is 11.1 Å². The topological polar surface area (TPSA) is 92.5 Å². The molecule has 2 N–H and O–H groups in total. The SMILES string of the molecule is CC(C)NC(C(=O)O)c1ccc(Cl)c([N+](=O)[O-])c1. The van der Waals surface area contributed by atoms with E-state index in [9.17, 15) is 14.9 Å². The summed E-state index contributed by atoms with van der Waals surface area (Å²) in [7, 11) is 0. The predicted octanol–water partition coefficient (Wildman–Crippen LogP) is 2.37. The second-order valence-corrected chi connectivity index (χ2v) is 4.47. The molecule has 0 bridgehead atoms. The molecule has 0 radical (unpaired) electrons. The van der Waals surface area contributed by atoms with E-state index in [1.807, 2.05) is 0 Å². The maximum atomic E-state index is 11.1. The lowest BCUT2D eigenvalue weighted by molar-refractivity contribution is -0.384. The van der Waals surface area contributed by atoms with E-state index in [2.05, 4.69) is 5.32 Å². The zero-order valence-corrected chi connectivity index (χ0v) is 10.6. The average molecular weight is 273 g/mol. The third-order valence-electron chi connectivity index (χ3n) is 2.25. The minimum Gasteiger partial charge on any atom is -0.480 e. The van der Waals surface area contributed by atoms with E-state index >= 15 is 0 Å². The van der Waals surface area contributed by atoms with Crippen molar-refractivity contribution in [3.05, 3.63) is 38.9 Å². The first-order valence-electron chi connectivity index (χ1n) is 5.25. The number of nitro groups is 1. The Hall–Kier alpha value is -1.66. The fourth-order valence-electron chi connectivity index (χ4n) is 1.49. The van der Waals surface area contributed by atoms with E-state index in [1.54, 1.807) is 13.8 Å². The largest absolute Gasteiger partial charge is 0.480 e. The summed E-state index contributed by atoms with van der Waals surface area (Å²) in [5, 5.41) is 22.7. The average Bonchev–Trinajstić information content (AvgIpc) is 2.26. The van der Waals surface area contributed by atoms with Gasteiger partial charge in [0.15, 0.2) is 0 Å². The van der Waals surface area contributed by atoms with Crippen molar-refractivity contribution in [1.82, 2.24) is 5.32 Å². The maximum Gasteiger partial charge on any atom is 0.325 e. The zero-order valence-electron chi connectivity index (χ0n) is 9.88. The normalized spacial score (nSPS) is 12.4.